The lowest BCUT2D eigenvalue weighted by atomic mass is 10.0. The molecule has 1 heterocycles. The Balaban J connectivity index is 2.14. The Kier molecular flexibility index (Phi) is 5.16. The quantitative estimate of drug-likeness (QED) is 0.845. The van der Waals surface area contributed by atoms with Crippen molar-refractivity contribution in [3.8, 4) is 0 Å². The number of nitrogens with zero attached hydrogens (tertiary/aromatic N) is 3. The van der Waals surface area contributed by atoms with Crippen LogP contribution in [0.15, 0.2) is 18.2 Å². The molecule has 1 unspecified atom stereocenters. The van der Waals surface area contributed by atoms with Crippen LogP contribution in [0.25, 0.3) is 0 Å². The molecule has 20 heavy (non-hydrogen) atoms. The molecule has 1 atom stereocenters. The number of rotatable bonds is 6. The van der Waals surface area contributed by atoms with Crippen LogP contribution in [-0.2, 0) is 13.1 Å². The van der Waals surface area contributed by atoms with Crippen molar-refractivity contribution in [3.63, 3.8) is 0 Å². The van der Waals surface area contributed by atoms with Gasteiger partial charge in [-0.3, -0.25) is 4.90 Å². The number of hydrogen-bond acceptors (Lipinski definition) is 4. The van der Waals surface area contributed by atoms with Gasteiger partial charge in [-0.05, 0) is 44.9 Å². The Bertz CT molecular complexity index is 442. The molecule has 4 heteroatoms. The summed E-state index contributed by atoms with van der Waals surface area (Å²) in [4.78, 5) is 6.94. The van der Waals surface area contributed by atoms with Crippen LogP contribution in [-0.4, -0.2) is 62.5 Å². The number of nitrogens with two attached hydrogens (primary N) is 1. The third-order valence-electron chi connectivity index (χ3n) is 3.94. The Morgan fingerprint density at radius 2 is 1.95 bits per heavy atom. The molecular formula is C16H28N4. The average molecular weight is 276 g/mol. The Hall–Kier alpha value is -0.940. The van der Waals surface area contributed by atoms with E-state index in [1.807, 2.05) is 0 Å². The zero-order valence-corrected chi connectivity index (χ0v) is 13.3. The zero-order valence-electron chi connectivity index (χ0n) is 13.3. The minimum Gasteiger partial charge on any atom is -0.329 e. The second-order valence-corrected chi connectivity index (χ2v) is 6.30. The number of hydrogen-bond donors (Lipinski definition) is 1. The summed E-state index contributed by atoms with van der Waals surface area (Å²) in [6.07, 6.45) is 0. The number of likely N-dealkylation sites (N-methyl/N-ethyl adjacent to an activating group) is 1. The summed E-state index contributed by atoms with van der Waals surface area (Å²) >= 11 is 0. The first kappa shape index (κ1) is 15.4. The van der Waals surface area contributed by atoms with Crippen molar-refractivity contribution < 1.29 is 0 Å². The van der Waals surface area contributed by atoms with Crippen molar-refractivity contribution in [1.82, 2.24) is 14.7 Å². The van der Waals surface area contributed by atoms with E-state index in [1.165, 1.54) is 16.7 Å². The second kappa shape index (κ2) is 6.68. The summed E-state index contributed by atoms with van der Waals surface area (Å²) in [6, 6.07) is 7.27. The van der Waals surface area contributed by atoms with Crippen LogP contribution in [0.4, 0.5) is 0 Å². The van der Waals surface area contributed by atoms with Crippen molar-refractivity contribution in [1.29, 1.82) is 0 Å². The molecular weight excluding hydrogens is 248 g/mol. The molecule has 0 aromatic heterocycles. The van der Waals surface area contributed by atoms with Crippen LogP contribution >= 0.6 is 0 Å². The van der Waals surface area contributed by atoms with E-state index in [0.717, 1.165) is 26.2 Å². The fraction of sp³-hybridized carbons (Fsp3) is 0.625. The topological polar surface area (TPSA) is 35.7 Å². The Morgan fingerprint density at radius 1 is 1.20 bits per heavy atom. The first-order chi connectivity index (χ1) is 9.51. The molecule has 0 saturated heterocycles. The molecule has 2 rings (SSSR count). The zero-order chi connectivity index (χ0) is 14.7. The van der Waals surface area contributed by atoms with Crippen LogP contribution in [0.5, 0.6) is 0 Å². The van der Waals surface area contributed by atoms with Crippen molar-refractivity contribution in [2.45, 2.75) is 19.1 Å². The minimum atomic E-state index is 0.382. The normalized spacial score (nSPS) is 19.1. The van der Waals surface area contributed by atoms with Gasteiger partial charge in [0.2, 0.25) is 0 Å². The first-order valence-corrected chi connectivity index (χ1v) is 7.36. The summed E-state index contributed by atoms with van der Waals surface area (Å²) in [7, 11) is 8.46. The van der Waals surface area contributed by atoms with E-state index in [9.17, 15) is 0 Å². The third-order valence-corrected chi connectivity index (χ3v) is 3.94. The van der Waals surface area contributed by atoms with Gasteiger partial charge in [0.05, 0.1) is 0 Å². The lowest BCUT2D eigenvalue weighted by molar-refractivity contribution is 0.197. The van der Waals surface area contributed by atoms with Crippen molar-refractivity contribution in [3.05, 3.63) is 34.9 Å². The van der Waals surface area contributed by atoms with E-state index in [4.69, 9.17) is 5.73 Å². The number of fused-ring (bicyclic) bond motifs is 1. The molecule has 1 aromatic carbocycles. The molecule has 2 N–H and O–H groups in total. The van der Waals surface area contributed by atoms with Gasteiger partial charge in [-0.25, -0.2) is 0 Å². The van der Waals surface area contributed by atoms with Gasteiger partial charge in [0, 0.05) is 38.8 Å². The van der Waals surface area contributed by atoms with Crippen molar-refractivity contribution >= 4 is 0 Å². The Labute approximate surface area is 123 Å². The van der Waals surface area contributed by atoms with E-state index in [-0.39, 0.29) is 0 Å². The molecule has 1 aliphatic heterocycles. The summed E-state index contributed by atoms with van der Waals surface area (Å²) in [6.45, 7) is 4.88. The lowest BCUT2D eigenvalue weighted by Gasteiger charge is -2.25. The standard InChI is InChI=1S/C16H28N4/c1-18(2)7-8-20-12-14-6-5-13(11-19(3)4)9-15(14)16(20)10-17/h5-6,9,16H,7-8,10-12,17H2,1-4H3. The van der Waals surface area contributed by atoms with E-state index in [1.54, 1.807) is 0 Å². The largest absolute Gasteiger partial charge is 0.329 e. The molecule has 1 aliphatic rings. The summed E-state index contributed by atoms with van der Waals surface area (Å²) in [5, 5.41) is 0. The van der Waals surface area contributed by atoms with Gasteiger partial charge in [0.1, 0.15) is 0 Å². The maximum atomic E-state index is 6.03. The van der Waals surface area contributed by atoms with E-state index in [0.29, 0.717) is 12.6 Å². The van der Waals surface area contributed by atoms with Crippen LogP contribution in [0.3, 0.4) is 0 Å². The smallest absolute Gasteiger partial charge is 0.0477 e. The molecule has 1 aromatic rings. The number of benzene rings is 1. The first-order valence-electron chi connectivity index (χ1n) is 7.36. The van der Waals surface area contributed by atoms with Crippen LogP contribution in [0.2, 0.25) is 0 Å². The van der Waals surface area contributed by atoms with Crippen LogP contribution < -0.4 is 5.73 Å². The van der Waals surface area contributed by atoms with E-state index >= 15 is 0 Å². The summed E-state index contributed by atoms with van der Waals surface area (Å²) in [5.41, 5.74) is 10.3. The average Bonchev–Trinajstić information content (AvgIpc) is 2.72. The molecule has 0 saturated carbocycles. The fourth-order valence-corrected chi connectivity index (χ4v) is 2.93. The highest BCUT2D eigenvalue weighted by atomic mass is 15.2. The van der Waals surface area contributed by atoms with Gasteiger partial charge in [-0.2, -0.15) is 0 Å². The highest BCUT2D eigenvalue weighted by Gasteiger charge is 2.28. The highest BCUT2D eigenvalue weighted by Crippen LogP contribution is 2.33. The van der Waals surface area contributed by atoms with Gasteiger partial charge >= 0.3 is 0 Å². The SMILES string of the molecule is CN(C)CCN1Cc2ccc(CN(C)C)cc2C1CN. The van der Waals surface area contributed by atoms with Crippen LogP contribution in [0.1, 0.15) is 22.7 Å². The van der Waals surface area contributed by atoms with E-state index < -0.39 is 0 Å². The maximum Gasteiger partial charge on any atom is 0.0477 e. The van der Waals surface area contributed by atoms with Crippen molar-refractivity contribution in [2.24, 2.45) is 5.73 Å². The highest BCUT2D eigenvalue weighted by molar-refractivity contribution is 5.38. The molecule has 4 nitrogen and oxygen atoms in total. The lowest BCUT2D eigenvalue weighted by Crippen LogP contribution is -2.33. The van der Waals surface area contributed by atoms with Crippen molar-refractivity contribution in [2.75, 3.05) is 47.8 Å². The predicted octanol–water partition coefficient (Wildman–Crippen LogP) is 1.13. The van der Waals surface area contributed by atoms with Crippen LogP contribution in [0, 0.1) is 0 Å². The van der Waals surface area contributed by atoms with E-state index in [2.05, 4.69) is 61.1 Å². The van der Waals surface area contributed by atoms with Gasteiger partial charge in [-0.1, -0.05) is 18.2 Å². The third kappa shape index (κ3) is 3.58. The second-order valence-electron chi connectivity index (χ2n) is 6.30. The monoisotopic (exact) mass is 276 g/mol. The Morgan fingerprint density at radius 3 is 2.55 bits per heavy atom. The molecule has 0 bridgehead atoms. The molecule has 0 aliphatic carbocycles. The fourth-order valence-electron chi connectivity index (χ4n) is 2.93. The van der Waals surface area contributed by atoms with Gasteiger partial charge in [0.15, 0.2) is 0 Å². The molecule has 0 fully saturated rings. The van der Waals surface area contributed by atoms with Gasteiger partial charge < -0.3 is 15.5 Å². The maximum absolute atomic E-state index is 6.03. The van der Waals surface area contributed by atoms with Gasteiger partial charge in [0.25, 0.3) is 0 Å². The molecule has 0 amide bonds. The summed E-state index contributed by atoms with van der Waals surface area (Å²) < 4.78 is 0. The predicted molar refractivity (Wildman–Crippen MR) is 84.6 cm³/mol. The molecule has 112 valence electrons. The molecule has 0 radical (unpaired) electrons. The molecule has 0 spiro atoms. The summed E-state index contributed by atoms with van der Waals surface area (Å²) in [5.74, 6) is 0. The minimum absolute atomic E-state index is 0.382. The van der Waals surface area contributed by atoms with Gasteiger partial charge in [-0.15, -0.1) is 0 Å².